The van der Waals surface area contributed by atoms with Gasteiger partial charge in [-0.15, -0.1) is 0 Å². The van der Waals surface area contributed by atoms with E-state index in [1.165, 1.54) is 109 Å². The minimum Gasteiger partial charge on any atom is -0.462 e. The maximum Gasteiger partial charge on any atom is 0.306 e. The van der Waals surface area contributed by atoms with Crippen molar-refractivity contribution < 1.29 is 28.6 Å². The molecule has 1 atom stereocenters. The van der Waals surface area contributed by atoms with Crippen molar-refractivity contribution >= 4 is 17.9 Å². The molecule has 0 radical (unpaired) electrons. The van der Waals surface area contributed by atoms with Crippen LogP contribution in [-0.4, -0.2) is 37.2 Å². The first-order chi connectivity index (χ1) is 32.0. The number of unbranched alkanes of at least 4 members (excludes halogenated alkanes) is 23. The summed E-state index contributed by atoms with van der Waals surface area (Å²) < 4.78 is 16.8. The summed E-state index contributed by atoms with van der Waals surface area (Å²) in [6.07, 6.45) is 68.6. The van der Waals surface area contributed by atoms with E-state index in [1.54, 1.807) is 0 Å². The molecule has 6 heteroatoms. The van der Waals surface area contributed by atoms with Crippen molar-refractivity contribution in [2.24, 2.45) is 0 Å². The predicted octanol–water partition coefficient (Wildman–Crippen LogP) is 18.0. The maximum absolute atomic E-state index is 12.8. The average Bonchev–Trinajstić information content (AvgIpc) is 3.30. The molecule has 0 N–H and O–H groups in total. The first-order valence-corrected chi connectivity index (χ1v) is 27.1. The lowest BCUT2D eigenvalue weighted by molar-refractivity contribution is -0.167. The van der Waals surface area contributed by atoms with Crippen LogP contribution in [0.5, 0.6) is 0 Å². The molecule has 6 nitrogen and oxygen atoms in total. The number of allylic oxidation sites excluding steroid dienone is 14. The summed E-state index contributed by atoms with van der Waals surface area (Å²) in [5, 5.41) is 0. The Morgan fingerprint density at radius 2 is 0.615 bits per heavy atom. The lowest BCUT2D eigenvalue weighted by Crippen LogP contribution is -2.30. The van der Waals surface area contributed by atoms with Gasteiger partial charge in [-0.1, -0.05) is 209 Å². The highest BCUT2D eigenvalue weighted by Gasteiger charge is 2.19. The first kappa shape index (κ1) is 61.6. The fourth-order valence-electron chi connectivity index (χ4n) is 7.29. The molecular weight excluding hydrogens is 805 g/mol. The third kappa shape index (κ3) is 51.4. The van der Waals surface area contributed by atoms with E-state index in [0.717, 1.165) is 96.3 Å². The van der Waals surface area contributed by atoms with Crippen LogP contribution in [0.25, 0.3) is 0 Å². The van der Waals surface area contributed by atoms with Crippen molar-refractivity contribution in [3.63, 3.8) is 0 Å². The van der Waals surface area contributed by atoms with E-state index in [1.807, 2.05) is 0 Å². The van der Waals surface area contributed by atoms with E-state index >= 15 is 0 Å². The van der Waals surface area contributed by atoms with Gasteiger partial charge in [0.1, 0.15) is 13.2 Å². The molecule has 0 saturated heterocycles. The van der Waals surface area contributed by atoms with E-state index in [4.69, 9.17) is 14.2 Å². The normalized spacial score (nSPS) is 12.7. The van der Waals surface area contributed by atoms with Crippen LogP contribution in [0.15, 0.2) is 85.1 Å². The summed E-state index contributed by atoms with van der Waals surface area (Å²) in [5.41, 5.74) is 0. The van der Waals surface area contributed by atoms with Crippen LogP contribution in [-0.2, 0) is 28.6 Å². The van der Waals surface area contributed by atoms with Crippen molar-refractivity contribution in [1.29, 1.82) is 0 Å². The first-order valence-electron chi connectivity index (χ1n) is 27.1. The number of rotatable bonds is 48. The quantitative estimate of drug-likeness (QED) is 0.0262. The molecule has 1 unspecified atom stereocenters. The van der Waals surface area contributed by atoms with E-state index in [2.05, 4.69) is 106 Å². The summed E-state index contributed by atoms with van der Waals surface area (Å²) in [6, 6.07) is 0. The second-order valence-electron chi connectivity index (χ2n) is 17.7. The Morgan fingerprint density at radius 3 is 1.03 bits per heavy atom. The second kappa shape index (κ2) is 53.2. The van der Waals surface area contributed by atoms with Crippen LogP contribution >= 0.6 is 0 Å². The van der Waals surface area contributed by atoms with E-state index < -0.39 is 6.10 Å². The summed E-state index contributed by atoms with van der Waals surface area (Å²) in [5.74, 6) is -0.981. The summed E-state index contributed by atoms with van der Waals surface area (Å²) in [4.78, 5) is 38.0. The minimum absolute atomic E-state index is 0.106. The van der Waals surface area contributed by atoms with Gasteiger partial charge in [-0.05, 0) is 109 Å². The molecule has 65 heavy (non-hydrogen) atoms. The van der Waals surface area contributed by atoms with Gasteiger partial charge in [-0.2, -0.15) is 0 Å². The number of carbonyl (C=O) groups is 3. The molecule has 372 valence electrons. The molecule has 0 bridgehead atoms. The van der Waals surface area contributed by atoms with Gasteiger partial charge in [0.05, 0.1) is 0 Å². The SMILES string of the molecule is CC/C=C\C/C=C\C/C=C\C/C=C\C/C=C\CCCC(=O)OC(COC(=O)CCCCCCC/C=C\CCCCC)COC(=O)CCCCCCC/C=C\CCCCCCCCCCC. The molecule has 0 amide bonds. The van der Waals surface area contributed by atoms with Crippen molar-refractivity contribution in [1.82, 2.24) is 0 Å². The van der Waals surface area contributed by atoms with Gasteiger partial charge in [0.2, 0.25) is 0 Å². The highest BCUT2D eigenvalue weighted by atomic mass is 16.6. The Bertz CT molecular complexity index is 1270. The molecule has 0 saturated carbocycles. The zero-order chi connectivity index (χ0) is 47.2. The van der Waals surface area contributed by atoms with Crippen LogP contribution in [0.3, 0.4) is 0 Å². The molecule has 0 aromatic rings. The van der Waals surface area contributed by atoms with Crippen molar-refractivity contribution in [3.8, 4) is 0 Å². The molecule has 0 aliphatic heterocycles. The van der Waals surface area contributed by atoms with Crippen molar-refractivity contribution in [2.75, 3.05) is 13.2 Å². The number of esters is 3. The molecule has 0 aliphatic rings. The van der Waals surface area contributed by atoms with Gasteiger partial charge in [-0.3, -0.25) is 14.4 Å². The molecule has 0 aliphatic carbocycles. The lowest BCUT2D eigenvalue weighted by atomic mass is 10.1. The number of carbonyl (C=O) groups excluding carboxylic acids is 3. The molecule has 0 rings (SSSR count). The Morgan fingerprint density at radius 1 is 0.323 bits per heavy atom. The van der Waals surface area contributed by atoms with Crippen LogP contribution in [0.4, 0.5) is 0 Å². The number of hydrogen-bond donors (Lipinski definition) is 0. The third-order valence-corrected chi connectivity index (χ3v) is 11.4. The highest BCUT2D eigenvalue weighted by Crippen LogP contribution is 2.14. The number of hydrogen-bond acceptors (Lipinski definition) is 6. The Balaban J connectivity index is 4.47. The number of ether oxygens (including phenoxy) is 3. The fraction of sp³-hybridized carbons (Fsp3) is 0.712. The van der Waals surface area contributed by atoms with Crippen LogP contribution in [0.2, 0.25) is 0 Å². The summed E-state index contributed by atoms with van der Waals surface area (Å²) >= 11 is 0. The fourth-order valence-corrected chi connectivity index (χ4v) is 7.29. The molecule has 0 heterocycles. The van der Waals surface area contributed by atoms with Gasteiger partial charge >= 0.3 is 17.9 Å². The van der Waals surface area contributed by atoms with Crippen LogP contribution in [0.1, 0.15) is 252 Å². The standard InChI is InChI=1S/C59H100O6/c1-4-7-10-13-16-19-22-25-27-29-31-32-34-37-40-43-46-49-52-58(61)64-55-56(54-63-57(60)51-48-45-42-39-36-24-21-18-15-12-9-6-3)65-59(62)53-50-47-44-41-38-35-33-30-28-26-23-20-17-14-11-8-5-2/h8,11,17-18,20-21,26,28,31-33,35,41,44,56H,4-7,9-10,12-16,19,22-25,27,29-30,34,36-40,42-43,45-55H2,1-3H3/b11-8-,20-17-,21-18-,28-26-,32-31-,35-33-,44-41-. The Kier molecular flexibility index (Phi) is 50.4. The van der Waals surface area contributed by atoms with Crippen molar-refractivity contribution in [3.05, 3.63) is 85.1 Å². The van der Waals surface area contributed by atoms with E-state index in [-0.39, 0.29) is 37.5 Å². The van der Waals surface area contributed by atoms with Gasteiger partial charge < -0.3 is 14.2 Å². The Hall–Kier alpha value is -3.41. The minimum atomic E-state index is -0.812. The zero-order valence-electron chi connectivity index (χ0n) is 42.5. The summed E-state index contributed by atoms with van der Waals surface area (Å²) in [7, 11) is 0. The predicted molar refractivity (Wildman–Crippen MR) is 279 cm³/mol. The van der Waals surface area contributed by atoms with Gasteiger partial charge in [0.15, 0.2) is 6.10 Å². The van der Waals surface area contributed by atoms with Gasteiger partial charge in [0.25, 0.3) is 0 Å². The van der Waals surface area contributed by atoms with Crippen LogP contribution < -0.4 is 0 Å². The topological polar surface area (TPSA) is 78.9 Å². The smallest absolute Gasteiger partial charge is 0.306 e. The average molecular weight is 905 g/mol. The van der Waals surface area contributed by atoms with Gasteiger partial charge in [-0.25, -0.2) is 0 Å². The molecular formula is C59H100O6. The largest absolute Gasteiger partial charge is 0.462 e. The third-order valence-electron chi connectivity index (χ3n) is 11.4. The van der Waals surface area contributed by atoms with E-state index in [9.17, 15) is 14.4 Å². The van der Waals surface area contributed by atoms with Gasteiger partial charge in [0, 0.05) is 19.3 Å². The molecule has 0 fully saturated rings. The molecule has 0 aromatic carbocycles. The van der Waals surface area contributed by atoms with Crippen LogP contribution in [0, 0.1) is 0 Å². The zero-order valence-corrected chi connectivity index (χ0v) is 42.5. The summed E-state index contributed by atoms with van der Waals surface area (Å²) in [6.45, 7) is 6.44. The highest BCUT2D eigenvalue weighted by molar-refractivity contribution is 5.71. The van der Waals surface area contributed by atoms with E-state index in [0.29, 0.717) is 19.3 Å². The van der Waals surface area contributed by atoms with Crippen molar-refractivity contribution in [2.45, 2.75) is 258 Å². The Labute approximate surface area is 401 Å². The second-order valence-corrected chi connectivity index (χ2v) is 17.7. The monoisotopic (exact) mass is 905 g/mol. The molecule has 0 spiro atoms. The lowest BCUT2D eigenvalue weighted by Gasteiger charge is -2.18. The molecule has 0 aromatic heterocycles. The maximum atomic E-state index is 12.8.